The van der Waals surface area contributed by atoms with Crippen LogP contribution in [0.25, 0.3) is 11.4 Å². The third-order valence-corrected chi connectivity index (χ3v) is 4.74. The lowest BCUT2D eigenvalue weighted by molar-refractivity contribution is -0.141. The van der Waals surface area contributed by atoms with Gasteiger partial charge in [0.15, 0.2) is 5.69 Å². The van der Waals surface area contributed by atoms with Crippen molar-refractivity contribution < 1.29 is 18.0 Å². The number of aliphatic imine (C=N–C) groups is 1. The minimum Gasteiger partial charge on any atom is -0.404 e. The zero-order valence-electron chi connectivity index (χ0n) is 18.8. The molecule has 0 fully saturated rings. The molecule has 0 aromatic carbocycles. The fraction of sp³-hybridized carbons (Fsp3) is 0.429. The number of halogens is 3. The maximum absolute atomic E-state index is 13.3. The van der Waals surface area contributed by atoms with Gasteiger partial charge < -0.3 is 21.4 Å². The predicted octanol–water partition coefficient (Wildman–Crippen LogP) is 1.67. The van der Waals surface area contributed by atoms with Crippen molar-refractivity contribution in [2.45, 2.75) is 44.6 Å². The second-order valence-corrected chi connectivity index (χ2v) is 8.05. The zero-order chi connectivity index (χ0) is 24.8. The molecule has 0 aliphatic rings. The van der Waals surface area contributed by atoms with Crippen LogP contribution in [-0.2, 0) is 17.5 Å². The van der Waals surface area contributed by atoms with Crippen LogP contribution in [0.15, 0.2) is 45.8 Å². The molecule has 0 saturated heterocycles. The minimum atomic E-state index is -4.68. The van der Waals surface area contributed by atoms with Gasteiger partial charge in [0.2, 0.25) is 11.5 Å². The Morgan fingerprint density at radius 2 is 2.06 bits per heavy atom. The van der Waals surface area contributed by atoms with Crippen molar-refractivity contribution in [2.24, 2.45) is 10.7 Å². The highest BCUT2D eigenvalue weighted by Gasteiger charge is 2.36. The summed E-state index contributed by atoms with van der Waals surface area (Å²) in [6.07, 6.45) is -1.52. The highest BCUT2D eigenvalue weighted by molar-refractivity contribution is 5.85. The molecule has 1 amide bonds. The average molecular weight is 467 g/mol. The van der Waals surface area contributed by atoms with Crippen molar-refractivity contribution in [3.8, 4) is 11.4 Å². The van der Waals surface area contributed by atoms with Crippen molar-refractivity contribution in [3.63, 3.8) is 0 Å². The first-order valence-electron chi connectivity index (χ1n) is 10.1. The summed E-state index contributed by atoms with van der Waals surface area (Å²) in [5, 5.41) is 9.43. The molecule has 0 unspecified atom stereocenters. The van der Waals surface area contributed by atoms with E-state index in [1.807, 2.05) is 0 Å². The maximum Gasteiger partial charge on any atom is 0.435 e. The van der Waals surface area contributed by atoms with E-state index < -0.39 is 29.0 Å². The number of alkyl halides is 3. The van der Waals surface area contributed by atoms with Crippen LogP contribution in [0, 0.1) is 0 Å². The number of hydrogen-bond donors (Lipinski definition) is 4. The highest BCUT2D eigenvalue weighted by Crippen LogP contribution is 2.31. The molecule has 0 bridgehead atoms. The SMILES string of the molecule is CN=C/C(=C\N)C[C@@H](NC)C(=O)NC(C)(C)Cn1nc(C(F)(F)F)cc1-c1cccc(=O)[nH]1. The Hall–Kier alpha value is -3.41. The van der Waals surface area contributed by atoms with Gasteiger partial charge in [0.05, 0.1) is 29.5 Å². The largest absolute Gasteiger partial charge is 0.435 e. The number of carbonyl (C=O) groups is 1. The van der Waals surface area contributed by atoms with Crippen molar-refractivity contribution >= 4 is 12.1 Å². The van der Waals surface area contributed by atoms with Crippen LogP contribution in [0.5, 0.6) is 0 Å². The molecule has 2 aromatic heterocycles. The lowest BCUT2D eigenvalue weighted by Gasteiger charge is -2.29. The van der Waals surface area contributed by atoms with E-state index in [0.717, 1.165) is 10.7 Å². The first-order valence-corrected chi connectivity index (χ1v) is 10.1. The Labute approximate surface area is 189 Å². The number of amides is 1. The third-order valence-electron chi connectivity index (χ3n) is 4.74. The summed E-state index contributed by atoms with van der Waals surface area (Å²) in [6.45, 7) is 3.24. The van der Waals surface area contributed by atoms with E-state index in [9.17, 15) is 22.8 Å². The number of carbonyl (C=O) groups excluding carboxylic acids is 1. The summed E-state index contributed by atoms with van der Waals surface area (Å²) in [5.41, 5.74) is 3.91. The molecule has 2 aromatic rings. The number of H-pyrrole nitrogens is 1. The number of hydrogen-bond acceptors (Lipinski definition) is 6. The Kier molecular flexibility index (Phi) is 8.20. The van der Waals surface area contributed by atoms with Gasteiger partial charge >= 0.3 is 6.18 Å². The summed E-state index contributed by atoms with van der Waals surface area (Å²) in [7, 11) is 3.19. The number of nitrogens with two attached hydrogens (primary N) is 1. The Bertz CT molecular complexity index is 1080. The number of rotatable bonds is 9. The topological polar surface area (TPSA) is 130 Å². The van der Waals surface area contributed by atoms with Crippen molar-refractivity contribution in [2.75, 3.05) is 14.1 Å². The van der Waals surface area contributed by atoms with E-state index in [4.69, 9.17) is 5.73 Å². The number of aromatic nitrogens is 3. The van der Waals surface area contributed by atoms with Gasteiger partial charge in [0.25, 0.3) is 0 Å². The van der Waals surface area contributed by atoms with Crippen LogP contribution >= 0.6 is 0 Å². The summed E-state index contributed by atoms with van der Waals surface area (Å²) in [4.78, 5) is 30.9. The molecule has 0 aliphatic carbocycles. The van der Waals surface area contributed by atoms with E-state index in [0.29, 0.717) is 5.57 Å². The quantitative estimate of drug-likeness (QED) is 0.417. The van der Waals surface area contributed by atoms with Crippen LogP contribution in [0.1, 0.15) is 26.0 Å². The number of pyridine rings is 1. The summed E-state index contributed by atoms with van der Waals surface area (Å²) in [6, 6.07) is 4.39. The molecule has 0 saturated carbocycles. The van der Waals surface area contributed by atoms with Gasteiger partial charge in [-0.3, -0.25) is 19.3 Å². The van der Waals surface area contributed by atoms with Crippen LogP contribution in [-0.4, -0.2) is 52.6 Å². The Morgan fingerprint density at radius 1 is 1.36 bits per heavy atom. The van der Waals surface area contributed by atoms with E-state index in [1.165, 1.54) is 30.6 Å². The van der Waals surface area contributed by atoms with Gasteiger partial charge in [-0.05, 0) is 51.2 Å². The molecule has 12 heteroatoms. The molecule has 33 heavy (non-hydrogen) atoms. The van der Waals surface area contributed by atoms with Gasteiger partial charge in [-0.15, -0.1) is 0 Å². The second kappa shape index (κ2) is 10.5. The average Bonchev–Trinajstić information content (AvgIpc) is 3.14. The van der Waals surface area contributed by atoms with Crippen molar-refractivity contribution in [1.82, 2.24) is 25.4 Å². The summed E-state index contributed by atoms with van der Waals surface area (Å²) < 4.78 is 41.1. The molecule has 2 heterocycles. The fourth-order valence-electron chi connectivity index (χ4n) is 3.22. The van der Waals surface area contributed by atoms with Crippen molar-refractivity contribution in [3.05, 3.63) is 52.1 Å². The minimum absolute atomic E-state index is 0.0695. The number of likely N-dealkylation sites (N-methyl/N-ethyl adjacent to an activating group) is 1. The second-order valence-electron chi connectivity index (χ2n) is 8.05. The Balaban J connectivity index is 2.31. The molecule has 1 atom stereocenters. The highest BCUT2D eigenvalue weighted by atomic mass is 19.4. The molecule has 180 valence electrons. The van der Waals surface area contributed by atoms with Gasteiger partial charge in [-0.1, -0.05) is 6.07 Å². The first kappa shape index (κ1) is 25.8. The normalized spacial score (nSPS) is 14.0. The van der Waals surface area contributed by atoms with Gasteiger partial charge in [-0.25, -0.2) is 0 Å². The fourth-order valence-corrected chi connectivity index (χ4v) is 3.22. The third kappa shape index (κ3) is 7.04. The first-order chi connectivity index (χ1) is 15.4. The van der Waals surface area contributed by atoms with E-state index in [-0.39, 0.29) is 30.3 Å². The van der Waals surface area contributed by atoms with Crippen LogP contribution in [0.4, 0.5) is 13.2 Å². The molecule has 0 radical (unpaired) electrons. The van der Waals surface area contributed by atoms with Crippen molar-refractivity contribution in [1.29, 1.82) is 0 Å². The molecular weight excluding hydrogens is 439 g/mol. The van der Waals surface area contributed by atoms with Gasteiger partial charge in [0.1, 0.15) is 0 Å². The zero-order valence-corrected chi connectivity index (χ0v) is 18.8. The van der Waals surface area contributed by atoms with E-state index in [2.05, 4.69) is 25.7 Å². The van der Waals surface area contributed by atoms with Crippen LogP contribution in [0.2, 0.25) is 0 Å². The lowest BCUT2D eigenvalue weighted by atomic mass is 10.0. The van der Waals surface area contributed by atoms with E-state index in [1.54, 1.807) is 27.9 Å². The number of nitrogens with zero attached hydrogens (tertiary/aromatic N) is 3. The number of aromatic amines is 1. The Morgan fingerprint density at radius 3 is 2.61 bits per heavy atom. The summed E-state index contributed by atoms with van der Waals surface area (Å²) >= 11 is 0. The monoisotopic (exact) mass is 467 g/mol. The standard InChI is InChI=1S/C21H28F3N7O2/c1-20(2,29-19(33)15(27-4)8-13(10-25)11-26-3)12-31-16(9-17(30-31)21(22,23)24)14-6-5-7-18(32)28-14/h5-7,9-11,15,27H,8,12,25H2,1-4H3,(H,28,32)(H,29,33)/b13-10-,26-11?/t15-/m1/s1. The molecule has 5 N–H and O–H groups in total. The van der Waals surface area contributed by atoms with Gasteiger partial charge in [0, 0.05) is 19.3 Å². The molecule has 0 aliphatic heterocycles. The predicted molar refractivity (Wildman–Crippen MR) is 120 cm³/mol. The molecule has 0 spiro atoms. The molecule has 9 nitrogen and oxygen atoms in total. The van der Waals surface area contributed by atoms with Crippen LogP contribution < -0.4 is 21.9 Å². The number of nitrogens with one attached hydrogen (secondary N) is 3. The van der Waals surface area contributed by atoms with Crippen LogP contribution in [0.3, 0.4) is 0 Å². The maximum atomic E-state index is 13.3. The lowest BCUT2D eigenvalue weighted by Crippen LogP contribution is -2.53. The molecule has 2 rings (SSSR count). The van der Waals surface area contributed by atoms with Gasteiger partial charge in [-0.2, -0.15) is 18.3 Å². The smallest absolute Gasteiger partial charge is 0.404 e. The molecular formula is C21H28F3N7O2. The van der Waals surface area contributed by atoms with E-state index >= 15 is 0 Å². The summed E-state index contributed by atoms with van der Waals surface area (Å²) in [5.74, 6) is -0.371.